The highest BCUT2D eigenvalue weighted by molar-refractivity contribution is 6.03. The number of amides is 1. The number of aromatic nitrogens is 3. The quantitative estimate of drug-likeness (QED) is 0.610. The lowest BCUT2D eigenvalue weighted by Crippen LogP contribution is -2.18. The molecular formula is C20H16F4N4O2. The summed E-state index contributed by atoms with van der Waals surface area (Å²) in [5.41, 5.74) is 0.981. The van der Waals surface area contributed by atoms with Gasteiger partial charge in [-0.15, -0.1) is 13.2 Å². The molecule has 10 heteroatoms. The zero-order valence-electron chi connectivity index (χ0n) is 15.7. The highest BCUT2D eigenvalue weighted by Gasteiger charge is 2.34. The Kier molecular flexibility index (Phi) is 4.92. The first-order chi connectivity index (χ1) is 14.2. The fourth-order valence-corrected chi connectivity index (χ4v) is 3.12. The van der Waals surface area contributed by atoms with Gasteiger partial charge in [-0.1, -0.05) is 6.07 Å². The fourth-order valence-electron chi connectivity index (χ4n) is 3.12. The fraction of sp³-hybridized carbons (Fsp3) is 0.250. The van der Waals surface area contributed by atoms with Gasteiger partial charge in [0.1, 0.15) is 5.75 Å². The van der Waals surface area contributed by atoms with Crippen molar-refractivity contribution in [3.63, 3.8) is 0 Å². The largest absolute Gasteiger partial charge is 0.573 e. The highest BCUT2D eigenvalue weighted by Crippen LogP contribution is 2.44. The monoisotopic (exact) mass is 420 g/mol. The average molecular weight is 420 g/mol. The summed E-state index contributed by atoms with van der Waals surface area (Å²) in [5.74, 6) is -1.56. The molecule has 0 bridgehead atoms. The Labute approximate surface area is 168 Å². The number of nitrogens with zero attached hydrogens (tertiary/aromatic N) is 3. The second-order valence-corrected chi connectivity index (χ2v) is 6.93. The molecule has 30 heavy (non-hydrogen) atoms. The van der Waals surface area contributed by atoms with E-state index in [0.29, 0.717) is 0 Å². The minimum atomic E-state index is -4.87. The number of halogens is 4. The van der Waals surface area contributed by atoms with Gasteiger partial charge < -0.3 is 10.1 Å². The molecule has 0 atom stereocenters. The number of anilines is 1. The van der Waals surface area contributed by atoms with Gasteiger partial charge in [-0.25, -0.2) is 4.39 Å². The van der Waals surface area contributed by atoms with Crippen LogP contribution in [-0.4, -0.2) is 27.0 Å². The summed E-state index contributed by atoms with van der Waals surface area (Å²) in [4.78, 5) is 16.0. The molecule has 156 valence electrons. The van der Waals surface area contributed by atoms with Crippen LogP contribution in [0.5, 0.6) is 5.75 Å². The molecule has 0 saturated heterocycles. The number of hydrogen-bond donors (Lipinski definition) is 1. The van der Waals surface area contributed by atoms with Gasteiger partial charge in [0.2, 0.25) is 0 Å². The first-order valence-electron chi connectivity index (χ1n) is 9.06. The van der Waals surface area contributed by atoms with E-state index in [1.807, 2.05) is 0 Å². The first-order valence-corrected chi connectivity index (χ1v) is 9.06. The van der Waals surface area contributed by atoms with Gasteiger partial charge in [0.15, 0.2) is 11.5 Å². The van der Waals surface area contributed by atoms with E-state index in [1.54, 1.807) is 6.07 Å². The second-order valence-electron chi connectivity index (χ2n) is 6.93. The number of ether oxygens (including phenoxy) is 1. The molecule has 6 nitrogen and oxygen atoms in total. The maximum absolute atomic E-state index is 13.7. The van der Waals surface area contributed by atoms with E-state index in [-0.39, 0.29) is 34.3 Å². The molecule has 3 aromatic rings. The van der Waals surface area contributed by atoms with Crippen LogP contribution in [0.4, 0.5) is 23.2 Å². The van der Waals surface area contributed by atoms with Gasteiger partial charge in [0, 0.05) is 18.8 Å². The molecule has 0 aliphatic heterocycles. The van der Waals surface area contributed by atoms with Gasteiger partial charge in [-0.2, -0.15) is 5.10 Å². The highest BCUT2D eigenvalue weighted by atomic mass is 19.4. The molecule has 1 fully saturated rings. The minimum absolute atomic E-state index is 0.0860. The summed E-state index contributed by atoms with van der Waals surface area (Å²) in [6.45, 7) is 0. The molecule has 2 heterocycles. The maximum Gasteiger partial charge on any atom is 0.573 e. The average Bonchev–Trinajstić information content (AvgIpc) is 3.45. The van der Waals surface area contributed by atoms with Crippen molar-refractivity contribution in [1.82, 2.24) is 14.8 Å². The van der Waals surface area contributed by atoms with E-state index in [4.69, 9.17) is 0 Å². The Balaban J connectivity index is 1.67. The molecule has 1 saturated carbocycles. The molecule has 1 aliphatic carbocycles. The van der Waals surface area contributed by atoms with Crippen molar-refractivity contribution < 1.29 is 27.1 Å². The maximum atomic E-state index is 13.7. The van der Waals surface area contributed by atoms with E-state index in [2.05, 4.69) is 20.1 Å². The van der Waals surface area contributed by atoms with E-state index in [0.717, 1.165) is 24.6 Å². The molecule has 0 radical (unpaired) electrons. The van der Waals surface area contributed by atoms with Crippen LogP contribution >= 0.6 is 0 Å². The summed E-state index contributed by atoms with van der Waals surface area (Å²) in [6.07, 6.45) is -0.764. The molecule has 1 N–H and O–H groups in total. The molecule has 0 spiro atoms. The van der Waals surface area contributed by atoms with Crippen molar-refractivity contribution in [3.05, 3.63) is 59.8 Å². The smallest absolute Gasteiger partial charge is 0.405 e. The third-order valence-electron chi connectivity index (χ3n) is 4.69. The lowest BCUT2D eigenvalue weighted by Gasteiger charge is -2.15. The molecule has 2 aromatic heterocycles. The van der Waals surface area contributed by atoms with Gasteiger partial charge in [0.25, 0.3) is 5.91 Å². The summed E-state index contributed by atoms with van der Waals surface area (Å²) in [7, 11) is 1.49. The van der Waals surface area contributed by atoms with Crippen LogP contribution in [0.2, 0.25) is 0 Å². The molecule has 1 amide bonds. The van der Waals surface area contributed by atoms with Crippen molar-refractivity contribution in [3.8, 4) is 17.0 Å². The van der Waals surface area contributed by atoms with Gasteiger partial charge in [-0.3, -0.25) is 14.5 Å². The number of alkyl halides is 3. The van der Waals surface area contributed by atoms with Crippen LogP contribution in [0, 0.1) is 5.82 Å². The van der Waals surface area contributed by atoms with Gasteiger partial charge >= 0.3 is 6.36 Å². The molecule has 1 aliphatic rings. The SMILES string of the molecule is Cn1nc(C(=O)Nc2ccncc2F)cc1-c1ccc(C2CC2)cc1OC(F)(F)F. The van der Waals surface area contributed by atoms with Crippen molar-refractivity contribution in [2.24, 2.45) is 7.05 Å². The predicted molar refractivity (Wildman–Crippen MR) is 99.5 cm³/mol. The summed E-state index contributed by atoms with van der Waals surface area (Å²) < 4.78 is 58.1. The van der Waals surface area contributed by atoms with Crippen LogP contribution in [0.3, 0.4) is 0 Å². The first kappa shape index (κ1) is 19.9. The number of carbonyl (C=O) groups excluding carboxylic acids is 1. The molecule has 0 unspecified atom stereocenters. The Morgan fingerprint density at radius 2 is 2.00 bits per heavy atom. The second kappa shape index (κ2) is 7.43. The summed E-state index contributed by atoms with van der Waals surface area (Å²) >= 11 is 0. The summed E-state index contributed by atoms with van der Waals surface area (Å²) in [5, 5.41) is 6.41. The summed E-state index contributed by atoms with van der Waals surface area (Å²) in [6, 6.07) is 7.25. The van der Waals surface area contributed by atoms with Crippen LogP contribution in [-0.2, 0) is 7.05 Å². The third-order valence-corrected chi connectivity index (χ3v) is 4.69. The van der Waals surface area contributed by atoms with Gasteiger partial charge in [0.05, 0.1) is 17.6 Å². The lowest BCUT2D eigenvalue weighted by molar-refractivity contribution is -0.274. The number of hydrogen-bond acceptors (Lipinski definition) is 4. The normalized spacial score (nSPS) is 13.9. The van der Waals surface area contributed by atoms with E-state index < -0.39 is 18.1 Å². The van der Waals surface area contributed by atoms with E-state index in [1.165, 1.54) is 42.2 Å². The third kappa shape index (κ3) is 4.27. The number of pyridine rings is 1. The Hall–Kier alpha value is -3.43. The zero-order valence-corrected chi connectivity index (χ0v) is 15.7. The number of benzene rings is 1. The van der Waals surface area contributed by atoms with Crippen molar-refractivity contribution >= 4 is 11.6 Å². The van der Waals surface area contributed by atoms with Crippen LogP contribution < -0.4 is 10.1 Å². The number of carbonyl (C=O) groups is 1. The Morgan fingerprint density at radius 3 is 2.67 bits per heavy atom. The Bertz CT molecular complexity index is 1110. The molecule has 1 aromatic carbocycles. The zero-order chi connectivity index (χ0) is 21.5. The van der Waals surface area contributed by atoms with E-state index in [9.17, 15) is 22.4 Å². The predicted octanol–water partition coefficient (Wildman–Crippen LogP) is 4.65. The molecular weight excluding hydrogens is 404 g/mol. The lowest BCUT2D eigenvalue weighted by atomic mass is 10.0. The Morgan fingerprint density at radius 1 is 1.23 bits per heavy atom. The standard InChI is InChI=1S/C20H16F4N4O2/c1-28-17(9-16(27-28)19(29)26-15-6-7-25-10-14(15)21)13-5-4-12(11-2-3-11)8-18(13)30-20(22,23)24/h4-11H,2-3H2,1H3,(H,25,26,29). The van der Waals surface area contributed by atoms with Crippen molar-refractivity contribution in [2.45, 2.75) is 25.1 Å². The van der Waals surface area contributed by atoms with Crippen LogP contribution in [0.1, 0.15) is 34.8 Å². The van der Waals surface area contributed by atoms with Crippen molar-refractivity contribution in [2.75, 3.05) is 5.32 Å². The van der Waals surface area contributed by atoms with E-state index >= 15 is 0 Å². The number of nitrogens with one attached hydrogen (secondary N) is 1. The topological polar surface area (TPSA) is 69.0 Å². The number of aryl methyl sites for hydroxylation is 1. The number of rotatable bonds is 5. The van der Waals surface area contributed by atoms with Crippen molar-refractivity contribution in [1.29, 1.82) is 0 Å². The van der Waals surface area contributed by atoms with Gasteiger partial charge in [-0.05, 0) is 48.6 Å². The minimum Gasteiger partial charge on any atom is -0.405 e. The molecule has 4 rings (SSSR count). The van der Waals surface area contributed by atoms with Crippen LogP contribution in [0.15, 0.2) is 42.7 Å². The van der Waals surface area contributed by atoms with Crippen LogP contribution in [0.25, 0.3) is 11.3 Å².